The molecule has 0 aliphatic heterocycles. The van der Waals surface area contributed by atoms with Gasteiger partial charge in [-0.15, -0.1) is 11.3 Å². The van der Waals surface area contributed by atoms with Crippen LogP contribution in [0.25, 0.3) is 10.1 Å². The Balaban J connectivity index is 1.96. The van der Waals surface area contributed by atoms with E-state index in [9.17, 15) is 4.79 Å². The molecule has 0 fully saturated rings. The second kappa shape index (κ2) is 5.68. The monoisotopic (exact) mass is 356 g/mol. The van der Waals surface area contributed by atoms with Crippen LogP contribution in [0.2, 0.25) is 0 Å². The van der Waals surface area contributed by atoms with E-state index >= 15 is 0 Å². The molecule has 5 heteroatoms. The first-order chi connectivity index (χ1) is 10.2. The van der Waals surface area contributed by atoms with Gasteiger partial charge in [-0.25, -0.2) is 0 Å². The number of nitrogens with one attached hydrogen (secondary N) is 1. The zero-order chi connectivity index (χ0) is 14.8. The van der Waals surface area contributed by atoms with E-state index in [0.29, 0.717) is 16.8 Å². The van der Waals surface area contributed by atoms with Crippen molar-refractivity contribution in [3.05, 3.63) is 63.4 Å². The molecule has 0 aliphatic rings. The van der Waals surface area contributed by atoms with Crippen molar-refractivity contribution in [1.29, 1.82) is 5.26 Å². The van der Waals surface area contributed by atoms with Crippen molar-refractivity contribution in [2.45, 2.75) is 0 Å². The normalized spacial score (nSPS) is 10.3. The first-order valence-electron chi connectivity index (χ1n) is 6.16. The summed E-state index contributed by atoms with van der Waals surface area (Å²) in [6, 6.07) is 15.0. The highest BCUT2D eigenvalue weighted by Gasteiger charge is 2.13. The molecule has 0 bridgehead atoms. The third kappa shape index (κ3) is 2.68. The van der Waals surface area contributed by atoms with Crippen molar-refractivity contribution in [1.82, 2.24) is 0 Å². The molecule has 3 nitrogen and oxygen atoms in total. The van der Waals surface area contributed by atoms with E-state index in [1.807, 2.05) is 29.6 Å². The van der Waals surface area contributed by atoms with Crippen LogP contribution < -0.4 is 5.32 Å². The second-order valence-electron chi connectivity index (χ2n) is 4.40. The Morgan fingerprint density at radius 3 is 2.86 bits per heavy atom. The summed E-state index contributed by atoms with van der Waals surface area (Å²) in [5.41, 5.74) is 1.57. The number of carbonyl (C=O) groups excluding carboxylic acids is 1. The van der Waals surface area contributed by atoms with E-state index in [-0.39, 0.29) is 5.91 Å². The number of rotatable bonds is 2. The SMILES string of the molecule is N#Cc1cc(Br)ccc1NC(=O)c1csc2ccccc12. The lowest BCUT2D eigenvalue weighted by molar-refractivity contribution is 0.102. The van der Waals surface area contributed by atoms with Crippen molar-refractivity contribution in [3.8, 4) is 6.07 Å². The fourth-order valence-corrected chi connectivity index (χ4v) is 3.36. The molecule has 1 amide bonds. The quantitative estimate of drug-likeness (QED) is 0.717. The smallest absolute Gasteiger partial charge is 0.257 e. The number of nitrogens with zero attached hydrogens (tertiary/aromatic N) is 1. The maximum Gasteiger partial charge on any atom is 0.257 e. The predicted octanol–water partition coefficient (Wildman–Crippen LogP) is 4.79. The molecule has 1 aromatic heterocycles. The number of hydrogen-bond acceptors (Lipinski definition) is 3. The van der Waals surface area contributed by atoms with Gasteiger partial charge < -0.3 is 5.32 Å². The van der Waals surface area contributed by atoms with Gasteiger partial charge in [-0.1, -0.05) is 34.1 Å². The summed E-state index contributed by atoms with van der Waals surface area (Å²) >= 11 is 4.84. The second-order valence-corrected chi connectivity index (χ2v) is 6.23. The van der Waals surface area contributed by atoms with E-state index in [4.69, 9.17) is 5.26 Å². The Kier molecular flexibility index (Phi) is 3.74. The average Bonchev–Trinajstić information content (AvgIpc) is 2.93. The van der Waals surface area contributed by atoms with Gasteiger partial charge in [0.25, 0.3) is 5.91 Å². The topological polar surface area (TPSA) is 52.9 Å². The van der Waals surface area contributed by atoms with Crippen LogP contribution in [0.5, 0.6) is 0 Å². The van der Waals surface area contributed by atoms with Crippen molar-refractivity contribution < 1.29 is 4.79 Å². The summed E-state index contributed by atoms with van der Waals surface area (Å²) in [7, 11) is 0. The van der Waals surface area contributed by atoms with Gasteiger partial charge in [0.2, 0.25) is 0 Å². The van der Waals surface area contributed by atoms with Gasteiger partial charge in [-0.2, -0.15) is 5.26 Å². The molecule has 3 rings (SSSR count). The Morgan fingerprint density at radius 2 is 2.05 bits per heavy atom. The standard InChI is InChI=1S/C16H9BrN2OS/c17-11-5-6-14(10(7-11)8-18)19-16(20)13-9-21-15-4-2-1-3-12(13)15/h1-7,9H,(H,19,20). The van der Waals surface area contributed by atoms with Gasteiger partial charge >= 0.3 is 0 Å². The van der Waals surface area contributed by atoms with Crippen LogP contribution in [0.1, 0.15) is 15.9 Å². The third-order valence-electron chi connectivity index (χ3n) is 3.08. The molecule has 0 aliphatic carbocycles. The highest BCUT2D eigenvalue weighted by atomic mass is 79.9. The molecule has 21 heavy (non-hydrogen) atoms. The molecule has 0 unspecified atom stereocenters. The predicted molar refractivity (Wildman–Crippen MR) is 88.6 cm³/mol. The third-order valence-corrected chi connectivity index (χ3v) is 4.53. The molecular weight excluding hydrogens is 348 g/mol. The summed E-state index contributed by atoms with van der Waals surface area (Å²) in [5, 5.41) is 14.7. The van der Waals surface area contributed by atoms with Crippen molar-refractivity contribution in [2.24, 2.45) is 0 Å². The van der Waals surface area contributed by atoms with Gasteiger partial charge in [0, 0.05) is 19.9 Å². The fourth-order valence-electron chi connectivity index (χ4n) is 2.06. The highest BCUT2D eigenvalue weighted by Crippen LogP contribution is 2.27. The molecule has 2 aromatic carbocycles. The van der Waals surface area contributed by atoms with Crippen LogP contribution in [0.3, 0.4) is 0 Å². The summed E-state index contributed by atoms with van der Waals surface area (Å²) in [6.45, 7) is 0. The Labute approximate surface area is 134 Å². The van der Waals surface area contributed by atoms with Gasteiger partial charge in [0.15, 0.2) is 0 Å². The lowest BCUT2D eigenvalue weighted by Gasteiger charge is -2.07. The van der Waals surface area contributed by atoms with Gasteiger partial charge in [0.05, 0.1) is 16.8 Å². The maximum atomic E-state index is 12.4. The van der Waals surface area contributed by atoms with Crippen LogP contribution in [0, 0.1) is 11.3 Å². The number of fused-ring (bicyclic) bond motifs is 1. The van der Waals surface area contributed by atoms with Crippen LogP contribution in [-0.2, 0) is 0 Å². The number of benzene rings is 2. The first kappa shape index (κ1) is 13.8. The first-order valence-corrected chi connectivity index (χ1v) is 7.83. The maximum absolute atomic E-state index is 12.4. The zero-order valence-electron chi connectivity index (χ0n) is 10.8. The lowest BCUT2D eigenvalue weighted by atomic mass is 10.1. The highest BCUT2D eigenvalue weighted by molar-refractivity contribution is 9.10. The number of halogens is 1. The van der Waals surface area contributed by atoms with E-state index in [1.54, 1.807) is 18.2 Å². The number of nitriles is 1. The summed E-state index contributed by atoms with van der Waals surface area (Å²) < 4.78 is 1.87. The van der Waals surface area contributed by atoms with Gasteiger partial charge in [-0.3, -0.25) is 4.79 Å². The molecular formula is C16H9BrN2OS. The lowest BCUT2D eigenvalue weighted by Crippen LogP contribution is -2.12. The van der Waals surface area contributed by atoms with Crippen molar-refractivity contribution in [2.75, 3.05) is 5.32 Å². The zero-order valence-corrected chi connectivity index (χ0v) is 13.2. The van der Waals surface area contributed by atoms with Crippen molar-refractivity contribution in [3.63, 3.8) is 0 Å². The minimum absolute atomic E-state index is 0.203. The minimum Gasteiger partial charge on any atom is -0.321 e. The molecule has 0 spiro atoms. The molecule has 0 atom stereocenters. The molecule has 0 saturated carbocycles. The number of carbonyl (C=O) groups is 1. The summed E-state index contributed by atoms with van der Waals surface area (Å²) in [4.78, 5) is 12.4. The average molecular weight is 357 g/mol. The van der Waals surface area contributed by atoms with E-state index in [0.717, 1.165) is 14.6 Å². The number of anilines is 1. The van der Waals surface area contributed by atoms with Crippen LogP contribution in [0.4, 0.5) is 5.69 Å². The summed E-state index contributed by atoms with van der Waals surface area (Å²) in [5.74, 6) is -0.203. The van der Waals surface area contributed by atoms with Crippen LogP contribution >= 0.6 is 27.3 Å². The van der Waals surface area contributed by atoms with E-state index in [2.05, 4.69) is 27.3 Å². The molecule has 0 saturated heterocycles. The largest absolute Gasteiger partial charge is 0.321 e. The van der Waals surface area contributed by atoms with Crippen LogP contribution in [-0.4, -0.2) is 5.91 Å². The van der Waals surface area contributed by atoms with Gasteiger partial charge in [-0.05, 0) is 24.3 Å². The van der Waals surface area contributed by atoms with E-state index in [1.165, 1.54) is 11.3 Å². The van der Waals surface area contributed by atoms with Gasteiger partial charge in [0.1, 0.15) is 6.07 Å². The molecule has 102 valence electrons. The fraction of sp³-hybridized carbons (Fsp3) is 0. The Hall–Kier alpha value is -2.16. The van der Waals surface area contributed by atoms with Crippen LogP contribution in [0.15, 0.2) is 52.3 Å². The van der Waals surface area contributed by atoms with Crippen molar-refractivity contribution >= 4 is 48.9 Å². The molecule has 3 aromatic rings. The van der Waals surface area contributed by atoms with E-state index < -0.39 is 0 Å². The minimum atomic E-state index is -0.203. The Bertz CT molecular complexity index is 879. The number of amides is 1. The molecule has 0 radical (unpaired) electrons. The number of thiophene rings is 1. The molecule has 1 N–H and O–H groups in total. The Morgan fingerprint density at radius 1 is 1.24 bits per heavy atom. The summed E-state index contributed by atoms with van der Waals surface area (Å²) in [6.07, 6.45) is 0. The molecule has 1 heterocycles. The number of hydrogen-bond donors (Lipinski definition) is 1.